The Hall–Kier alpha value is -3.30. The topological polar surface area (TPSA) is 119 Å². The summed E-state index contributed by atoms with van der Waals surface area (Å²) in [6.45, 7) is 4.17. The highest BCUT2D eigenvalue weighted by Gasteiger charge is 2.31. The van der Waals surface area contributed by atoms with E-state index < -0.39 is 5.91 Å². The van der Waals surface area contributed by atoms with Gasteiger partial charge in [-0.1, -0.05) is 11.6 Å². The quantitative estimate of drug-likeness (QED) is 0.536. The molecular formula is C24H28ClN5O4. The average Bonchev–Trinajstić information content (AvgIpc) is 3.30. The smallest absolute Gasteiger partial charge is 0.248 e. The zero-order valence-corrected chi connectivity index (χ0v) is 19.5. The molecule has 2 aliphatic rings. The number of aromatic hydroxyl groups is 1. The van der Waals surface area contributed by atoms with Crippen LogP contribution in [0.25, 0.3) is 0 Å². The molecule has 2 heterocycles. The molecule has 0 radical (unpaired) electrons. The Morgan fingerprint density at radius 2 is 1.74 bits per heavy atom. The van der Waals surface area contributed by atoms with Crippen molar-refractivity contribution in [2.45, 2.75) is 6.42 Å². The first-order valence-electron chi connectivity index (χ1n) is 11.2. The number of carbonyl (C=O) groups excluding carboxylic acids is 3. The molecule has 3 amide bonds. The number of nitrogens with zero attached hydrogens (tertiary/aromatic N) is 3. The normalized spacial score (nSPS) is 18.7. The zero-order chi connectivity index (χ0) is 24.2. The Balaban J connectivity index is 1.22. The minimum atomic E-state index is -0.451. The van der Waals surface area contributed by atoms with Crippen LogP contribution in [0.1, 0.15) is 16.8 Å². The highest BCUT2D eigenvalue weighted by molar-refractivity contribution is 6.32. The van der Waals surface area contributed by atoms with Gasteiger partial charge >= 0.3 is 0 Å². The second kappa shape index (κ2) is 10.3. The number of primary amides is 1. The maximum atomic E-state index is 12.8. The van der Waals surface area contributed by atoms with E-state index in [0.29, 0.717) is 63.5 Å². The Labute approximate surface area is 203 Å². The summed E-state index contributed by atoms with van der Waals surface area (Å²) in [5.74, 6) is -0.747. The van der Waals surface area contributed by atoms with Gasteiger partial charge in [-0.3, -0.25) is 19.3 Å². The molecule has 1 atom stereocenters. The maximum absolute atomic E-state index is 12.8. The molecule has 34 heavy (non-hydrogen) atoms. The number of anilines is 2. The van der Waals surface area contributed by atoms with Gasteiger partial charge in [-0.25, -0.2) is 0 Å². The first kappa shape index (κ1) is 23.8. The van der Waals surface area contributed by atoms with Crippen LogP contribution in [0.5, 0.6) is 5.75 Å². The predicted molar refractivity (Wildman–Crippen MR) is 130 cm³/mol. The Bertz CT molecular complexity index is 1070. The average molecular weight is 486 g/mol. The molecule has 2 fully saturated rings. The lowest BCUT2D eigenvalue weighted by Crippen LogP contribution is -2.51. The van der Waals surface area contributed by atoms with Gasteiger partial charge in [0.1, 0.15) is 5.75 Å². The molecule has 0 aromatic heterocycles. The van der Waals surface area contributed by atoms with E-state index in [1.807, 2.05) is 21.9 Å². The number of carbonyl (C=O) groups is 3. The lowest BCUT2D eigenvalue weighted by atomic mass is 10.1. The van der Waals surface area contributed by atoms with E-state index >= 15 is 0 Å². The van der Waals surface area contributed by atoms with E-state index in [1.165, 1.54) is 12.1 Å². The van der Waals surface area contributed by atoms with E-state index in [2.05, 4.69) is 10.2 Å². The second-order valence-corrected chi connectivity index (χ2v) is 9.06. The summed E-state index contributed by atoms with van der Waals surface area (Å²) in [4.78, 5) is 42.7. The van der Waals surface area contributed by atoms with Crippen LogP contribution < -0.4 is 16.0 Å². The summed E-state index contributed by atoms with van der Waals surface area (Å²) in [5, 5.41) is 12.5. The number of rotatable bonds is 6. The number of amides is 3. The first-order chi connectivity index (χ1) is 16.3. The van der Waals surface area contributed by atoms with Gasteiger partial charge in [0.05, 0.1) is 17.5 Å². The van der Waals surface area contributed by atoms with Gasteiger partial charge in [-0.15, -0.1) is 0 Å². The fourth-order valence-corrected chi connectivity index (χ4v) is 4.54. The van der Waals surface area contributed by atoms with Crippen LogP contribution in [0.2, 0.25) is 5.02 Å². The molecule has 4 rings (SSSR count). The van der Waals surface area contributed by atoms with E-state index in [4.69, 9.17) is 17.3 Å². The van der Waals surface area contributed by atoms with Gasteiger partial charge in [0.25, 0.3) is 0 Å². The first-order valence-corrected chi connectivity index (χ1v) is 11.6. The van der Waals surface area contributed by atoms with Crippen molar-refractivity contribution >= 4 is 40.7 Å². The highest BCUT2D eigenvalue weighted by Crippen LogP contribution is 2.27. The third-order valence-corrected chi connectivity index (χ3v) is 6.67. The standard InChI is InChI=1S/C24H28ClN5O4/c25-20-13-18(3-6-21(20)31)27-24(34)17-7-8-28(14-17)15-22(32)30-11-9-29(10-12-30)19-4-1-16(2-5-19)23(26)33/h1-6,13,17,31H,7-12,14-15H2,(H2,26,33)(H,27,34). The van der Waals surface area contributed by atoms with Crippen molar-refractivity contribution in [3.63, 3.8) is 0 Å². The molecule has 2 aliphatic heterocycles. The number of likely N-dealkylation sites (tertiary alicyclic amines) is 1. The van der Waals surface area contributed by atoms with Crippen LogP contribution in [-0.2, 0) is 9.59 Å². The molecule has 1 unspecified atom stereocenters. The molecule has 180 valence electrons. The van der Waals surface area contributed by atoms with Crippen molar-refractivity contribution in [1.29, 1.82) is 0 Å². The van der Waals surface area contributed by atoms with Crippen LogP contribution in [0.15, 0.2) is 42.5 Å². The summed E-state index contributed by atoms with van der Waals surface area (Å²) in [7, 11) is 0. The molecule has 2 aromatic carbocycles. The SMILES string of the molecule is NC(=O)c1ccc(N2CCN(C(=O)CN3CCC(C(=O)Nc4ccc(O)c(Cl)c4)C3)CC2)cc1. The maximum Gasteiger partial charge on any atom is 0.248 e. The molecular weight excluding hydrogens is 458 g/mol. The number of nitrogens with one attached hydrogen (secondary N) is 1. The Morgan fingerprint density at radius 1 is 1.03 bits per heavy atom. The molecule has 0 saturated carbocycles. The van der Waals surface area contributed by atoms with Crippen molar-refractivity contribution in [2.24, 2.45) is 11.7 Å². The summed E-state index contributed by atoms with van der Waals surface area (Å²) in [6.07, 6.45) is 0.681. The molecule has 9 nitrogen and oxygen atoms in total. The van der Waals surface area contributed by atoms with E-state index in [9.17, 15) is 19.5 Å². The third kappa shape index (κ3) is 5.60. The number of nitrogens with two attached hydrogens (primary N) is 1. The molecule has 2 aromatic rings. The van der Waals surface area contributed by atoms with Crippen molar-refractivity contribution in [1.82, 2.24) is 9.80 Å². The van der Waals surface area contributed by atoms with E-state index in [0.717, 1.165) is 5.69 Å². The molecule has 0 bridgehead atoms. The number of phenolic OH excluding ortho intramolecular Hbond substituents is 1. The number of piperazine rings is 1. The lowest BCUT2D eigenvalue weighted by molar-refractivity contribution is -0.132. The fraction of sp³-hybridized carbons (Fsp3) is 0.375. The largest absolute Gasteiger partial charge is 0.506 e. The van der Waals surface area contributed by atoms with Crippen LogP contribution in [0.3, 0.4) is 0 Å². The van der Waals surface area contributed by atoms with Crippen LogP contribution >= 0.6 is 11.6 Å². The van der Waals surface area contributed by atoms with Gasteiger partial charge in [-0.05, 0) is 55.4 Å². The van der Waals surface area contributed by atoms with Crippen molar-refractivity contribution in [2.75, 3.05) is 56.0 Å². The third-order valence-electron chi connectivity index (χ3n) is 6.37. The van der Waals surface area contributed by atoms with Gasteiger partial charge in [-0.2, -0.15) is 0 Å². The minimum Gasteiger partial charge on any atom is -0.506 e. The molecule has 0 aliphatic carbocycles. The zero-order valence-electron chi connectivity index (χ0n) is 18.7. The summed E-state index contributed by atoms with van der Waals surface area (Å²) >= 11 is 5.90. The van der Waals surface area contributed by atoms with Gasteiger partial charge < -0.3 is 26.0 Å². The van der Waals surface area contributed by atoms with Crippen LogP contribution in [0, 0.1) is 5.92 Å². The highest BCUT2D eigenvalue weighted by atomic mass is 35.5. The number of halogens is 1. The Morgan fingerprint density at radius 3 is 2.38 bits per heavy atom. The summed E-state index contributed by atoms with van der Waals surface area (Å²) in [6, 6.07) is 11.7. The van der Waals surface area contributed by atoms with Crippen LogP contribution in [-0.4, -0.2) is 78.4 Å². The van der Waals surface area contributed by atoms with Crippen molar-refractivity contribution in [3.8, 4) is 5.75 Å². The summed E-state index contributed by atoms with van der Waals surface area (Å²) in [5.41, 5.74) is 7.30. The van der Waals surface area contributed by atoms with Gasteiger partial charge in [0.15, 0.2) is 0 Å². The molecule has 10 heteroatoms. The number of phenols is 1. The van der Waals surface area contributed by atoms with Crippen LogP contribution in [0.4, 0.5) is 11.4 Å². The van der Waals surface area contributed by atoms with E-state index in [1.54, 1.807) is 18.2 Å². The van der Waals surface area contributed by atoms with Crippen molar-refractivity contribution < 1.29 is 19.5 Å². The van der Waals surface area contributed by atoms with Gasteiger partial charge in [0, 0.05) is 49.7 Å². The second-order valence-electron chi connectivity index (χ2n) is 8.66. The Kier molecular flexibility index (Phi) is 7.23. The molecule has 4 N–H and O–H groups in total. The number of hydrogen-bond acceptors (Lipinski definition) is 6. The number of hydrogen-bond donors (Lipinski definition) is 3. The lowest BCUT2D eigenvalue weighted by Gasteiger charge is -2.36. The van der Waals surface area contributed by atoms with Gasteiger partial charge in [0.2, 0.25) is 17.7 Å². The minimum absolute atomic E-state index is 0.0351. The summed E-state index contributed by atoms with van der Waals surface area (Å²) < 4.78 is 0. The molecule has 0 spiro atoms. The fourth-order valence-electron chi connectivity index (χ4n) is 4.36. The van der Waals surface area contributed by atoms with E-state index in [-0.39, 0.29) is 28.5 Å². The predicted octanol–water partition coefficient (Wildman–Crippen LogP) is 1.75. The van der Waals surface area contributed by atoms with Crippen molar-refractivity contribution in [3.05, 3.63) is 53.1 Å². The number of benzene rings is 2. The molecule has 2 saturated heterocycles. The monoisotopic (exact) mass is 485 g/mol.